The molecule has 0 bridgehead atoms. The molecule has 0 aliphatic carbocycles. The standard InChI is InChI=1S/C6H7O3P.Ca.2H/c7-10(8)9-6-4-2-1-3-5-6;;;/h1-5,7-8H;;;. The van der Waals surface area contributed by atoms with Gasteiger partial charge in [0.25, 0.3) is 0 Å². The fourth-order valence-electron chi connectivity index (χ4n) is 0.576. The van der Waals surface area contributed by atoms with Crippen LogP contribution < -0.4 is 4.52 Å². The Balaban J connectivity index is 0.000001000. The summed E-state index contributed by atoms with van der Waals surface area (Å²) in [6.07, 6.45) is 0. The van der Waals surface area contributed by atoms with Gasteiger partial charge in [-0.05, 0) is 12.1 Å². The van der Waals surface area contributed by atoms with Crippen molar-refractivity contribution in [3.8, 4) is 5.75 Å². The number of hydrogen-bond acceptors (Lipinski definition) is 3. The SMILES string of the molecule is OP(O)Oc1ccccc1.[CaH2]. The fourth-order valence-corrected chi connectivity index (χ4v) is 0.886. The average Bonchev–Trinajstić information content (AvgIpc) is 1.88. The van der Waals surface area contributed by atoms with Crippen molar-refractivity contribution in [1.29, 1.82) is 0 Å². The summed E-state index contributed by atoms with van der Waals surface area (Å²) in [6.45, 7) is 0. The van der Waals surface area contributed by atoms with Crippen LogP contribution in [0.2, 0.25) is 0 Å². The van der Waals surface area contributed by atoms with Crippen molar-refractivity contribution in [2.75, 3.05) is 0 Å². The molecule has 0 radical (unpaired) electrons. The van der Waals surface area contributed by atoms with Crippen LogP contribution in [0.25, 0.3) is 0 Å². The zero-order chi connectivity index (χ0) is 7.40. The molecule has 5 heteroatoms. The van der Waals surface area contributed by atoms with Gasteiger partial charge in [-0.2, -0.15) is 0 Å². The molecule has 3 nitrogen and oxygen atoms in total. The Morgan fingerprint density at radius 3 is 2.09 bits per heavy atom. The van der Waals surface area contributed by atoms with Gasteiger partial charge in [0.1, 0.15) is 5.75 Å². The molecule has 0 aromatic heterocycles. The number of benzene rings is 1. The Morgan fingerprint density at radius 1 is 1.09 bits per heavy atom. The van der Waals surface area contributed by atoms with E-state index in [4.69, 9.17) is 9.79 Å². The van der Waals surface area contributed by atoms with E-state index in [0.29, 0.717) is 5.75 Å². The molecule has 0 heterocycles. The third-order valence-electron chi connectivity index (χ3n) is 0.930. The molecule has 58 valence electrons. The summed E-state index contributed by atoms with van der Waals surface area (Å²) >= 11 is 0. The monoisotopic (exact) mass is 200 g/mol. The molecule has 0 fully saturated rings. The van der Waals surface area contributed by atoms with Crippen molar-refractivity contribution < 1.29 is 14.3 Å². The molecule has 2 N–H and O–H groups in total. The molecule has 1 aromatic rings. The molecule has 0 aliphatic rings. The Bertz CT molecular complexity index is 192. The third kappa shape index (κ3) is 4.96. The van der Waals surface area contributed by atoms with Crippen LogP contribution in [0, 0.1) is 0 Å². The van der Waals surface area contributed by atoms with E-state index in [9.17, 15) is 0 Å². The molecule has 0 saturated heterocycles. The second-order valence-electron chi connectivity index (χ2n) is 1.66. The first-order chi connectivity index (χ1) is 4.79. The van der Waals surface area contributed by atoms with Crippen LogP contribution in [0.15, 0.2) is 30.3 Å². The van der Waals surface area contributed by atoms with E-state index in [1.54, 1.807) is 24.3 Å². The maximum atomic E-state index is 8.40. The van der Waals surface area contributed by atoms with Gasteiger partial charge in [-0.15, -0.1) is 0 Å². The first kappa shape index (κ1) is 11.6. The summed E-state index contributed by atoms with van der Waals surface area (Å²) in [5.74, 6) is 0.471. The second kappa shape index (κ2) is 6.18. The van der Waals surface area contributed by atoms with Crippen LogP contribution in [0.4, 0.5) is 0 Å². The van der Waals surface area contributed by atoms with Gasteiger partial charge in [0, 0.05) is 0 Å². The molecule has 1 rings (SSSR count). The summed E-state index contributed by atoms with van der Waals surface area (Å²) in [5, 5.41) is 0. The molecule has 0 saturated carbocycles. The molecule has 0 amide bonds. The molecule has 0 aliphatic heterocycles. The number of hydrogen-bond donors (Lipinski definition) is 2. The van der Waals surface area contributed by atoms with Crippen molar-refractivity contribution in [3.63, 3.8) is 0 Å². The van der Waals surface area contributed by atoms with Gasteiger partial charge in [0.2, 0.25) is 0 Å². The minimum absolute atomic E-state index is 0. The van der Waals surface area contributed by atoms with E-state index in [-0.39, 0.29) is 37.7 Å². The Hall–Kier alpha value is 0.630. The van der Waals surface area contributed by atoms with Crippen molar-refractivity contribution in [2.45, 2.75) is 0 Å². The second-order valence-corrected chi connectivity index (χ2v) is 2.35. The molecular formula is C6H9CaO3P. The number of rotatable bonds is 2. The van der Waals surface area contributed by atoms with Crippen LogP contribution in [0.5, 0.6) is 5.75 Å². The first-order valence-corrected chi connectivity index (χ1v) is 3.86. The van der Waals surface area contributed by atoms with Crippen molar-refractivity contribution in [2.24, 2.45) is 0 Å². The molecule has 0 atom stereocenters. The topological polar surface area (TPSA) is 49.7 Å². The molecular weight excluding hydrogens is 191 g/mol. The normalized spacial score (nSPS) is 9.00. The Kier molecular flexibility index (Phi) is 6.53. The summed E-state index contributed by atoms with van der Waals surface area (Å²) < 4.78 is 4.59. The van der Waals surface area contributed by atoms with Crippen LogP contribution in [-0.4, -0.2) is 47.5 Å². The Labute approximate surface area is 96.0 Å². The van der Waals surface area contributed by atoms with Gasteiger partial charge in [0.15, 0.2) is 0 Å². The van der Waals surface area contributed by atoms with Gasteiger partial charge >= 0.3 is 46.3 Å². The van der Waals surface area contributed by atoms with E-state index < -0.39 is 8.60 Å². The predicted molar refractivity (Wildman–Crippen MR) is 47.0 cm³/mol. The molecule has 0 unspecified atom stereocenters. The molecule has 0 spiro atoms. The van der Waals surface area contributed by atoms with E-state index >= 15 is 0 Å². The van der Waals surface area contributed by atoms with E-state index in [1.165, 1.54) is 0 Å². The molecule has 11 heavy (non-hydrogen) atoms. The van der Waals surface area contributed by atoms with Gasteiger partial charge in [-0.3, -0.25) is 0 Å². The zero-order valence-corrected chi connectivity index (χ0v) is 6.03. The molecule has 1 aromatic carbocycles. The summed E-state index contributed by atoms with van der Waals surface area (Å²) in [6, 6.07) is 8.65. The summed E-state index contributed by atoms with van der Waals surface area (Å²) in [7, 11) is -2.28. The predicted octanol–water partition coefficient (Wildman–Crippen LogP) is 0.361. The van der Waals surface area contributed by atoms with Crippen LogP contribution in [0.3, 0.4) is 0 Å². The van der Waals surface area contributed by atoms with Crippen LogP contribution in [-0.2, 0) is 0 Å². The van der Waals surface area contributed by atoms with E-state index in [1.807, 2.05) is 6.07 Å². The van der Waals surface area contributed by atoms with Crippen molar-refractivity contribution in [3.05, 3.63) is 30.3 Å². The van der Waals surface area contributed by atoms with Crippen LogP contribution >= 0.6 is 8.60 Å². The minimum atomic E-state index is -2.28. The van der Waals surface area contributed by atoms with Gasteiger partial charge in [-0.1, -0.05) is 18.2 Å². The Morgan fingerprint density at radius 2 is 1.64 bits per heavy atom. The van der Waals surface area contributed by atoms with Gasteiger partial charge in [-0.25, -0.2) is 0 Å². The average molecular weight is 200 g/mol. The third-order valence-corrected chi connectivity index (χ3v) is 1.30. The number of para-hydroxylation sites is 1. The zero-order valence-electron chi connectivity index (χ0n) is 5.14. The maximum absolute atomic E-state index is 8.40. The summed E-state index contributed by atoms with van der Waals surface area (Å²) in [4.78, 5) is 16.8. The van der Waals surface area contributed by atoms with Crippen LogP contribution in [0.1, 0.15) is 0 Å². The first-order valence-electron chi connectivity index (χ1n) is 2.70. The van der Waals surface area contributed by atoms with Crippen molar-refractivity contribution >= 4 is 46.3 Å². The quantitative estimate of drug-likeness (QED) is 0.535. The van der Waals surface area contributed by atoms with Gasteiger partial charge in [0.05, 0.1) is 0 Å². The van der Waals surface area contributed by atoms with Gasteiger partial charge < -0.3 is 14.3 Å². The van der Waals surface area contributed by atoms with E-state index in [0.717, 1.165) is 0 Å². The van der Waals surface area contributed by atoms with Crippen molar-refractivity contribution in [1.82, 2.24) is 0 Å². The van der Waals surface area contributed by atoms with E-state index in [2.05, 4.69) is 4.52 Å². The summed E-state index contributed by atoms with van der Waals surface area (Å²) in [5.41, 5.74) is 0. The fraction of sp³-hybridized carbons (Fsp3) is 0.